The van der Waals surface area contributed by atoms with Gasteiger partial charge >= 0.3 is 13.4 Å². The molecular formula is C18H28N7O8P. The summed E-state index contributed by atoms with van der Waals surface area (Å²) in [6.45, 7) is 3.39. The van der Waals surface area contributed by atoms with E-state index in [2.05, 4.69) is 25.4 Å². The molecule has 0 radical (unpaired) electrons. The number of nitrogens with two attached hydrogens (primary N) is 1. The number of fused-ring (bicyclic) bond motifs is 1. The molecule has 188 valence electrons. The lowest BCUT2D eigenvalue weighted by Crippen LogP contribution is -2.40. The first-order valence-electron chi connectivity index (χ1n) is 10.8. The molecular weight excluding hydrogens is 473 g/mol. The van der Waals surface area contributed by atoms with Crippen molar-refractivity contribution in [2.45, 2.75) is 63.4 Å². The number of ether oxygens (including phenoxy) is 1. The fraction of sp³-hybridized carbons (Fsp3) is 0.667. The fourth-order valence-corrected chi connectivity index (χ4v) is 5.43. The normalized spacial score (nSPS) is 29.0. The molecule has 1 unspecified atom stereocenters. The minimum Gasteiger partial charge on any atom is -0.387 e. The molecule has 4 heterocycles. The van der Waals surface area contributed by atoms with Crippen LogP contribution in [-0.4, -0.2) is 79.2 Å². The molecule has 2 fully saturated rings. The maximum Gasteiger partial charge on any atom is 0.435 e. The number of nitrogens with one attached hydrogen (secondary N) is 3. The van der Waals surface area contributed by atoms with Crippen LogP contribution in [0.3, 0.4) is 0 Å². The van der Waals surface area contributed by atoms with Crippen LogP contribution in [-0.2, 0) is 23.1 Å². The molecule has 0 aromatic carbocycles. The number of amides is 1. The number of carbonyl (C=O) groups excluding carboxylic acids is 1. The van der Waals surface area contributed by atoms with Crippen molar-refractivity contribution in [3.8, 4) is 0 Å². The number of aromatic nitrogens is 4. The van der Waals surface area contributed by atoms with Crippen LogP contribution in [0.5, 0.6) is 0 Å². The summed E-state index contributed by atoms with van der Waals surface area (Å²) >= 11 is 0. The van der Waals surface area contributed by atoms with E-state index in [1.54, 1.807) is 13.8 Å². The second-order valence-corrected chi connectivity index (χ2v) is 10.1. The van der Waals surface area contributed by atoms with Crippen LogP contribution in [0.25, 0.3) is 11.2 Å². The molecule has 6 atom stereocenters. The highest BCUT2D eigenvalue weighted by molar-refractivity contribution is 7.52. The van der Waals surface area contributed by atoms with Gasteiger partial charge in [-0.05, 0) is 33.2 Å². The van der Waals surface area contributed by atoms with Gasteiger partial charge in [-0.15, -0.1) is 0 Å². The van der Waals surface area contributed by atoms with E-state index in [1.165, 1.54) is 0 Å². The van der Waals surface area contributed by atoms with Gasteiger partial charge in [-0.25, -0.2) is 23.9 Å². The second kappa shape index (κ2) is 9.70. The van der Waals surface area contributed by atoms with Crippen LogP contribution in [0.15, 0.2) is 11.1 Å². The Hall–Kier alpha value is -2.39. The van der Waals surface area contributed by atoms with Gasteiger partial charge in [0.25, 0.3) is 0 Å². The van der Waals surface area contributed by atoms with Crippen LogP contribution in [0.2, 0.25) is 0 Å². The van der Waals surface area contributed by atoms with Gasteiger partial charge in [-0.1, -0.05) is 0 Å². The summed E-state index contributed by atoms with van der Waals surface area (Å²) in [4.78, 5) is 35.2. The van der Waals surface area contributed by atoms with E-state index < -0.39 is 62.6 Å². The monoisotopic (exact) mass is 501 g/mol. The van der Waals surface area contributed by atoms with E-state index in [0.717, 1.165) is 17.3 Å². The predicted octanol–water partition coefficient (Wildman–Crippen LogP) is -1.26. The van der Waals surface area contributed by atoms with E-state index in [-0.39, 0.29) is 17.0 Å². The summed E-state index contributed by atoms with van der Waals surface area (Å²) in [5.74, 6) is -0.511. The van der Waals surface area contributed by atoms with Gasteiger partial charge in [0, 0.05) is 0 Å². The number of aliphatic hydroxyl groups excluding tert-OH is 2. The Morgan fingerprint density at radius 3 is 2.85 bits per heavy atom. The first-order valence-corrected chi connectivity index (χ1v) is 12.3. The molecule has 4 rings (SSSR count). The summed E-state index contributed by atoms with van der Waals surface area (Å²) in [7, 11) is -4.14. The van der Waals surface area contributed by atoms with Crippen molar-refractivity contribution >= 4 is 30.6 Å². The summed E-state index contributed by atoms with van der Waals surface area (Å²) in [5, 5.41) is 26.4. The Kier molecular flexibility index (Phi) is 7.05. The van der Waals surface area contributed by atoms with Crippen LogP contribution in [0.1, 0.15) is 32.9 Å². The van der Waals surface area contributed by atoms with Gasteiger partial charge in [0.05, 0.1) is 18.8 Å². The molecule has 1 amide bonds. The number of carbonyl (C=O) groups is 1. The molecule has 0 spiro atoms. The van der Waals surface area contributed by atoms with E-state index >= 15 is 0 Å². The molecule has 0 bridgehead atoms. The molecule has 2 aromatic heterocycles. The third-order valence-electron chi connectivity index (χ3n) is 5.51. The van der Waals surface area contributed by atoms with Crippen LogP contribution >= 0.6 is 7.75 Å². The van der Waals surface area contributed by atoms with Crippen LogP contribution < -0.4 is 21.8 Å². The highest BCUT2D eigenvalue weighted by atomic mass is 31.2. The van der Waals surface area contributed by atoms with Crippen molar-refractivity contribution in [1.29, 1.82) is 0 Å². The predicted molar refractivity (Wildman–Crippen MR) is 117 cm³/mol. The van der Waals surface area contributed by atoms with Gasteiger partial charge in [0.15, 0.2) is 17.7 Å². The summed E-state index contributed by atoms with van der Waals surface area (Å²) in [6, 6.07) is -0.518. The molecule has 7 N–H and O–H groups in total. The SMILES string of the molecule is CC(C)OP(=O)(NC(=O)[C@H]1CCCN1)OC[C@H]1O[C@@H](n2c(=O)[nH]c3c(N)ncnc32)[C@H](O)[C@@H]1O. The topological polar surface area (TPSA) is 216 Å². The van der Waals surface area contributed by atoms with E-state index in [1.807, 2.05) is 0 Å². The zero-order valence-electron chi connectivity index (χ0n) is 18.6. The number of hydrogen-bond donors (Lipinski definition) is 6. The average Bonchev–Trinajstić information content (AvgIpc) is 3.47. The third kappa shape index (κ3) is 4.86. The van der Waals surface area contributed by atoms with Crippen molar-refractivity contribution < 1.29 is 33.4 Å². The Balaban J connectivity index is 1.50. The lowest BCUT2D eigenvalue weighted by Gasteiger charge is -2.24. The third-order valence-corrected chi connectivity index (χ3v) is 7.19. The Labute approximate surface area is 193 Å². The van der Waals surface area contributed by atoms with Gasteiger partial charge in [0.2, 0.25) is 5.91 Å². The van der Waals surface area contributed by atoms with Crippen LogP contribution in [0, 0.1) is 0 Å². The maximum atomic E-state index is 13.2. The number of imidazole rings is 1. The van der Waals surface area contributed by atoms with E-state index in [4.69, 9.17) is 19.5 Å². The Bertz CT molecular complexity index is 1150. The molecule has 2 saturated heterocycles. The Morgan fingerprint density at radius 2 is 2.18 bits per heavy atom. The number of nitrogens with zero attached hydrogens (tertiary/aromatic N) is 3. The smallest absolute Gasteiger partial charge is 0.387 e. The zero-order chi connectivity index (χ0) is 24.6. The van der Waals surface area contributed by atoms with Crippen molar-refractivity contribution in [3.63, 3.8) is 0 Å². The molecule has 2 aliphatic heterocycles. The van der Waals surface area contributed by atoms with Gasteiger partial charge in [-0.3, -0.25) is 18.9 Å². The summed E-state index contributed by atoms with van der Waals surface area (Å²) in [5.41, 5.74) is 5.28. The largest absolute Gasteiger partial charge is 0.435 e. The first-order chi connectivity index (χ1) is 16.1. The summed E-state index contributed by atoms with van der Waals surface area (Å²) in [6.07, 6.45) is -3.64. The quantitative estimate of drug-likeness (QED) is 0.234. The molecule has 34 heavy (non-hydrogen) atoms. The first kappa shape index (κ1) is 24.7. The zero-order valence-corrected chi connectivity index (χ0v) is 19.5. The number of anilines is 1. The number of rotatable bonds is 8. The van der Waals surface area contributed by atoms with Gasteiger partial charge < -0.3 is 31.0 Å². The fourth-order valence-electron chi connectivity index (χ4n) is 3.93. The molecule has 15 nitrogen and oxygen atoms in total. The van der Waals surface area contributed by atoms with Crippen molar-refractivity contribution in [1.82, 2.24) is 29.9 Å². The molecule has 2 aliphatic rings. The van der Waals surface area contributed by atoms with Gasteiger partial charge in [0.1, 0.15) is 30.2 Å². The minimum atomic E-state index is -4.14. The highest BCUT2D eigenvalue weighted by Crippen LogP contribution is 2.46. The second-order valence-electron chi connectivity index (χ2n) is 8.38. The van der Waals surface area contributed by atoms with Crippen molar-refractivity contribution in [3.05, 3.63) is 16.8 Å². The lowest BCUT2D eigenvalue weighted by atomic mass is 10.1. The maximum absolute atomic E-state index is 13.2. The minimum absolute atomic E-state index is 0.0213. The average molecular weight is 501 g/mol. The van der Waals surface area contributed by atoms with Crippen molar-refractivity contribution in [2.75, 3.05) is 18.9 Å². The summed E-state index contributed by atoms with van der Waals surface area (Å²) < 4.78 is 30.7. The highest BCUT2D eigenvalue weighted by Gasteiger charge is 2.46. The molecule has 0 aliphatic carbocycles. The number of H-pyrrole nitrogens is 1. The van der Waals surface area contributed by atoms with Crippen LogP contribution in [0.4, 0.5) is 5.82 Å². The molecule has 16 heteroatoms. The van der Waals surface area contributed by atoms with Gasteiger partial charge in [-0.2, -0.15) is 0 Å². The number of aromatic amines is 1. The number of aliphatic hydroxyl groups is 2. The lowest BCUT2D eigenvalue weighted by molar-refractivity contribution is -0.121. The molecule has 0 saturated carbocycles. The standard InChI is InChI=1S/C18H28N7O8P/c1-8(2)33-34(30,24-16(28)9-4-3-5-20-9)31-6-10-12(26)13(27)17(32-10)25-15-11(23-18(25)29)14(19)21-7-22-15/h7-10,12-13,17,20,26-27H,3-6H2,1-2H3,(H,23,29)(H2,19,21,22)(H,24,28,30)/t9-,10-,12-,13-,17-,34?/m1/s1. The molecule has 2 aromatic rings. The number of nitrogen functional groups attached to an aromatic ring is 1. The van der Waals surface area contributed by atoms with E-state index in [0.29, 0.717) is 13.0 Å². The van der Waals surface area contributed by atoms with Crippen molar-refractivity contribution in [2.24, 2.45) is 0 Å². The Morgan fingerprint density at radius 1 is 1.41 bits per heavy atom. The number of hydrogen-bond acceptors (Lipinski definition) is 12. The van der Waals surface area contributed by atoms with E-state index in [9.17, 15) is 24.4 Å².